The van der Waals surface area contributed by atoms with Gasteiger partial charge in [0.2, 0.25) is 0 Å². The van der Waals surface area contributed by atoms with Crippen LogP contribution < -0.4 is 0 Å². The molecule has 0 atom stereocenters. The highest BCUT2D eigenvalue weighted by molar-refractivity contribution is 7.15. The minimum Gasteiger partial charge on any atom is -0.444 e. The number of hydrogen-bond donors (Lipinski definition) is 0. The number of thiophene rings is 1. The molecule has 1 aliphatic rings. The number of fused-ring (bicyclic) bond motifs is 2. The quantitative estimate of drug-likeness (QED) is 0.599. The number of hydrogen-bond acceptors (Lipinski definition) is 6. The second-order valence-electron chi connectivity index (χ2n) is 7.83. The fraction of sp³-hybridized carbons (Fsp3) is 0.333. The molecule has 0 N–H and O–H groups in total. The maximum Gasteiger partial charge on any atom is 0.410 e. The Kier molecular flexibility index (Phi) is 4.63. The Bertz CT molecular complexity index is 1070. The van der Waals surface area contributed by atoms with E-state index in [1.54, 1.807) is 28.6 Å². The summed E-state index contributed by atoms with van der Waals surface area (Å²) < 4.78 is 5.50. The lowest BCUT2D eigenvalue weighted by atomic mass is 10.1. The highest BCUT2D eigenvalue weighted by atomic mass is 32.1. The average molecular weight is 395 g/mol. The SMILES string of the molecule is CC(C)(C)OC(=O)N1CCc2sc(-c3ncnc4ccc(C=O)cc34)cc2C1. The number of amides is 1. The first-order valence-electron chi connectivity index (χ1n) is 9.14. The minimum atomic E-state index is -0.507. The van der Waals surface area contributed by atoms with Crippen LogP contribution in [0.3, 0.4) is 0 Å². The smallest absolute Gasteiger partial charge is 0.410 e. The van der Waals surface area contributed by atoms with E-state index in [1.807, 2.05) is 32.9 Å². The molecule has 0 fully saturated rings. The van der Waals surface area contributed by atoms with Gasteiger partial charge < -0.3 is 9.64 Å². The van der Waals surface area contributed by atoms with Crippen molar-refractivity contribution in [2.75, 3.05) is 6.54 Å². The zero-order chi connectivity index (χ0) is 19.9. The van der Waals surface area contributed by atoms with Crippen LogP contribution in [0.2, 0.25) is 0 Å². The van der Waals surface area contributed by atoms with Gasteiger partial charge in [-0.05, 0) is 57.0 Å². The summed E-state index contributed by atoms with van der Waals surface area (Å²) in [5.41, 5.74) is 2.83. The molecular formula is C21H21N3O3S. The van der Waals surface area contributed by atoms with E-state index in [4.69, 9.17) is 4.74 Å². The van der Waals surface area contributed by atoms with Gasteiger partial charge in [-0.2, -0.15) is 0 Å². The van der Waals surface area contributed by atoms with Gasteiger partial charge in [-0.15, -0.1) is 11.3 Å². The molecule has 0 saturated heterocycles. The molecule has 1 amide bonds. The molecule has 144 valence electrons. The highest BCUT2D eigenvalue weighted by Crippen LogP contribution is 2.36. The zero-order valence-corrected chi connectivity index (χ0v) is 16.9. The van der Waals surface area contributed by atoms with E-state index in [-0.39, 0.29) is 6.09 Å². The summed E-state index contributed by atoms with van der Waals surface area (Å²) in [6, 6.07) is 7.50. The van der Waals surface area contributed by atoms with Crippen molar-refractivity contribution in [2.24, 2.45) is 0 Å². The van der Waals surface area contributed by atoms with Gasteiger partial charge in [-0.1, -0.05) is 0 Å². The summed E-state index contributed by atoms with van der Waals surface area (Å²) in [6.45, 7) is 6.79. The summed E-state index contributed by atoms with van der Waals surface area (Å²) in [5.74, 6) is 0. The molecule has 0 unspecified atom stereocenters. The van der Waals surface area contributed by atoms with E-state index in [2.05, 4.69) is 16.0 Å². The number of carbonyl (C=O) groups excluding carboxylic acids is 2. The largest absolute Gasteiger partial charge is 0.444 e. The van der Waals surface area contributed by atoms with E-state index in [0.717, 1.165) is 39.7 Å². The van der Waals surface area contributed by atoms with E-state index < -0.39 is 5.60 Å². The third-order valence-corrected chi connectivity index (χ3v) is 5.79. The number of rotatable bonds is 2. The number of aldehydes is 1. The number of aromatic nitrogens is 2. The van der Waals surface area contributed by atoms with Gasteiger partial charge >= 0.3 is 6.09 Å². The molecular weight excluding hydrogens is 374 g/mol. The van der Waals surface area contributed by atoms with Crippen molar-refractivity contribution in [3.8, 4) is 10.6 Å². The van der Waals surface area contributed by atoms with Crippen molar-refractivity contribution in [3.63, 3.8) is 0 Å². The van der Waals surface area contributed by atoms with Gasteiger partial charge in [-0.3, -0.25) is 4.79 Å². The van der Waals surface area contributed by atoms with Gasteiger partial charge in [0.25, 0.3) is 0 Å². The molecule has 1 aromatic carbocycles. The van der Waals surface area contributed by atoms with Crippen LogP contribution in [-0.2, 0) is 17.7 Å². The summed E-state index contributed by atoms with van der Waals surface area (Å²) >= 11 is 1.69. The van der Waals surface area contributed by atoms with Crippen LogP contribution in [0.15, 0.2) is 30.6 Å². The standard InChI is InChI=1S/C21H21N3O3S/c1-21(2,3)27-20(26)24-7-6-17-14(10-24)9-18(28-17)19-15-8-13(11-25)4-5-16(15)22-12-23-19/h4-5,8-9,11-12H,6-7,10H2,1-3H3. The second-order valence-corrected chi connectivity index (χ2v) is 8.96. The fourth-order valence-electron chi connectivity index (χ4n) is 3.28. The summed E-state index contributed by atoms with van der Waals surface area (Å²) in [4.78, 5) is 36.4. The maximum atomic E-state index is 12.4. The zero-order valence-electron chi connectivity index (χ0n) is 16.1. The average Bonchev–Trinajstić information content (AvgIpc) is 3.08. The Labute approximate surface area is 167 Å². The van der Waals surface area contributed by atoms with Crippen LogP contribution in [0, 0.1) is 0 Å². The lowest BCUT2D eigenvalue weighted by molar-refractivity contribution is 0.0225. The van der Waals surface area contributed by atoms with Crippen molar-refractivity contribution < 1.29 is 14.3 Å². The van der Waals surface area contributed by atoms with Gasteiger partial charge in [0.1, 0.15) is 18.2 Å². The first kappa shape index (κ1) is 18.6. The van der Waals surface area contributed by atoms with E-state index in [0.29, 0.717) is 18.7 Å². The van der Waals surface area contributed by atoms with Crippen LogP contribution in [0.1, 0.15) is 41.6 Å². The Hall–Kier alpha value is -2.80. The summed E-state index contributed by atoms with van der Waals surface area (Å²) in [5, 5.41) is 0.856. The van der Waals surface area contributed by atoms with Gasteiger partial charge in [0.15, 0.2) is 0 Å². The van der Waals surface area contributed by atoms with Crippen LogP contribution in [-0.4, -0.2) is 39.4 Å². The predicted molar refractivity (Wildman–Crippen MR) is 109 cm³/mol. The molecule has 28 heavy (non-hydrogen) atoms. The molecule has 0 bridgehead atoms. The van der Waals surface area contributed by atoms with Crippen LogP contribution in [0.25, 0.3) is 21.5 Å². The van der Waals surface area contributed by atoms with Crippen molar-refractivity contribution >= 4 is 34.6 Å². The summed E-state index contributed by atoms with van der Waals surface area (Å²) in [7, 11) is 0. The number of carbonyl (C=O) groups is 2. The predicted octanol–water partition coefficient (Wildman–Crippen LogP) is 4.46. The fourth-order valence-corrected chi connectivity index (χ4v) is 4.45. The molecule has 0 spiro atoms. The van der Waals surface area contributed by atoms with Crippen molar-refractivity contribution in [3.05, 3.63) is 46.6 Å². The lowest BCUT2D eigenvalue weighted by Crippen LogP contribution is -2.39. The van der Waals surface area contributed by atoms with Crippen LogP contribution in [0.4, 0.5) is 4.79 Å². The molecule has 1 aliphatic heterocycles. The number of nitrogens with zero attached hydrogens (tertiary/aromatic N) is 3. The van der Waals surface area contributed by atoms with E-state index in [9.17, 15) is 9.59 Å². The maximum absolute atomic E-state index is 12.4. The number of ether oxygens (including phenoxy) is 1. The highest BCUT2D eigenvalue weighted by Gasteiger charge is 2.27. The number of benzene rings is 1. The van der Waals surface area contributed by atoms with Crippen molar-refractivity contribution in [2.45, 2.75) is 39.3 Å². The van der Waals surface area contributed by atoms with E-state index >= 15 is 0 Å². The van der Waals surface area contributed by atoms with Gasteiger partial charge in [0.05, 0.1) is 22.6 Å². The van der Waals surface area contributed by atoms with E-state index in [1.165, 1.54) is 4.88 Å². The third-order valence-electron chi connectivity index (χ3n) is 4.55. The molecule has 7 heteroatoms. The Morgan fingerprint density at radius 2 is 2.07 bits per heavy atom. The molecule has 0 radical (unpaired) electrons. The Morgan fingerprint density at radius 1 is 1.25 bits per heavy atom. The molecule has 4 rings (SSSR count). The second kappa shape index (κ2) is 6.98. The normalized spacial score (nSPS) is 14.0. The Balaban J connectivity index is 1.66. The van der Waals surface area contributed by atoms with Gasteiger partial charge in [0, 0.05) is 22.4 Å². The topological polar surface area (TPSA) is 72.4 Å². The molecule has 0 aliphatic carbocycles. The lowest BCUT2D eigenvalue weighted by Gasteiger charge is -2.29. The molecule has 2 aromatic heterocycles. The van der Waals surface area contributed by atoms with Crippen LogP contribution in [0.5, 0.6) is 0 Å². The van der Waals surface area contributed by atoms with Crippen molar-refractivity contribution in [1.82, 2.24) is 14.9 Å². The first-order chi connectivity index (χ1) is 13.3. The molecule has 6 nitrogen and oxygen atoms in total. The molecule has 3 aromatic rings. The monoisotopic (exact) mass is 395 g/mol. The Morgan fingerprint density at radius 3 is 2.82 bits per heavy atom. The minimum absolute atomic E-state index is 0.283. The third kappa shape index (κ3) is 3.62. The van der Waals surface area contributed by atoms with Gasteiger partial charge in [-0.25, -0.2) is 14.8 Å². The van der Waals surface area contributed by atoms with Crippen molar-refractivity contribution in [1.29, 1.82) is 0 Å². The molecule has 3 heterocycles. The first-order valence-corrected chi connectivity index (χ1v) is 9.95. The molecule has 0 saturated carbocycles. The summed E-state index contributed by atoms with van der Waals surface area (Å²) in [6.07, 6.45) is 2.88. The van der Waals surface area contributed by atoms with Crippen LogP contribution >= 0.6 is 11.3 Å².